The SMILES string of the molecule is OCc1nnn(-c2cccc(Br)c2)c1C1CCC1. The summed E-state index contributed by atoms with van der Waals surface area (Å²) in [7, 11) is 0. The molecule has 1 fully saturated rings. The van der Waals surface area contributed by atoms with Crippen molar-refractivity contribution in [3.63, 3.8) is 0 Å². The van der Waals surface area contributed by atoms with Gasteiger partial charge in [0.1, 0.15) is 5.69 Å². The molecule has 1 aliphatic rings. The molecule has 94 valence electrons. The lowest BCUT2D eigenvalue weighted by Crippen LogP contribution is -2.16. The van der Waals surface area contributed by atoms with Crippen molar-refractivity contribution in [2.75, 3.05) is 0 Å². The maximum Gasteiger partial charge on any atom is 0.112 e. The van der Waals surface area contributed by atoms with Crippen LogP contribution in [0.2, 0.25) is 0 Å². The second-order valence-corrected chi connectivity index (χ2v) is 5.51. The van der Waals surface area contributed by atoms with Crippen LogP contribution in [0.25, 0.3) is 5.69 Å². The molecule has 0 aliphatic heterocycles. The second kappa shape index (κ2) is 4.82. The van der Waals surface area contributed by atoms with Crippen molar-refractivity contribution in [3.8, 4) is 5.69 Å². The van der Waals surface area contributed by atoms with Crippen molar-refractivity contribution in [3.05, 3.63) is 40.1 Å². The van der Waals surface area contributed by atoms with Crippen LogP contribution in [0.5, 0.6) is 0 Å². The van der Waals surface area contributed by atoms with E-state index in [0.29, 0.717) is 11.6 Å². The summed E-state index contributed by atoms with van der Waals surface area (Å²) in [5.41, 5.74) is 2.76. The molecule has 1 N–H and O–H groups in total. The van der Waals surface area contributed by atoms with Gasteiger partial charge in [-0.25, -0.2) is 4.68 Å². The summed E-state index contributed by atoms with van der Waals surface area (Å²) in [6.07, 6.45) is 3.57. The molecule has 1 saturated carbocycles. The summed E-state index contributed by atoms with van der Waals surface area (Å²) in [4.78, 5) is 0. The fourth-order valence-corrected chi connectivity index (χ4v) is 2.71. The first-order valence-electron chi connectivity index (χ1n) is 6.11. The predicted molar refractivity (Wildman–Crippen MR) is 71.6 cm³/mol. The van der Waals surface area contributed by atoms with Crippen LogP contribution in [0.15, 0.2) is 28.7 Å². The number of aliphatic hydroxyl groups excluding tert-OH is 1. The number of nitrogens with zero attached hydrogens (tertiary/aromatic N) is 3. The van der Waals surface area contributed by atoms with E-state index in [4.69, 9.17) is 0 Å². The zero-order valence-electron chi connectivity index (χ0n) is 9.88. The lowest BCUT2D eigenvalue weighted by molar-refractivity contribution is 0.272. The summed E-state index contributed by atoms with van der Waals surface area (Å²) < 4.78 is 2.88. The van der Waals surface area contributed by atoms with Gasteiger partial charge in [0.2, 0.25) is 0 Å². The van der Waals surface area contributed by atoms with Crippen molar-refractivity contribution >= 4 is 15.9 Å². The Morgan fingerprint density at radius 2 is 2.22 bits per heavy atom. The molecule has 0 spiro atoms. The van der Waals surface area contributed by atoms with Gasteiger partial charge in [-0.2, -0.15) is 0 Å². The third-order valence-electron chi connectivity index (χ3n) is 3.47. The van der Waals surface area contributed by atoms with E-state index in [2.05, 4.69) is 26.2 Å². The maximum absolute atomic E-state index is 9.38. The fourth-order valence-electron chi connectivity index (χ4n) is 2.32. The third-order valence-corrected chi connectivity index (χ3v) is 3.97. The van der Waals surface area contributed by atoms with E-state index < -0.39 is 0 Å². The average Bonchev–Trinajstić information content (AvgIpc) is 2.70. The summed E-state index contributed by atoms with van der Waals surface area (Å²) in [5.74, 6) is 0.487. The molecule has 0 radical (unpaired) electrons. The Bertz CT molecular complexity index is 563. The van der Waals surface area contributed by atoms with Crippen molar-refractivity contribution < 1.29 is 5.11 Å². The van der Waals surface area contributed by atoms with Crippen molar-refractivity contribution in [1.29, 1.82) is 0 Å². The molecule has 4 nitrogen and oxygen atoms in total. The van der Waals surface area contributed by atoms with Crippen LogP contribution in [-0.2, 0) is 6.61 Å². The highest BCUT2D eigenvalue weighted by atomic mass is 79.9. The van der Waals surface area contributed by atoms with Gasteiger partial charge < -0.3 is 5.11 Å². The number of hydrogen-bond acceptors (Lipinski definition) is 3. The molecule has 5 heteroatoms. The minimum atomic E-state index is -0.0418. The van der Waals surface area contributed by atoms with Gasteiger partial charge in [0, 0.05) is 10.4 Å². The van der Waals surface area contributed by atoms with Gasteiger partial charge in [0.15, 0.2) is 0 Å². The third kappa shape index (κ3) is 1.97. The van der Waals surface area contributed by atoms with Crippen LogP contribution in [0.4, 0.5) is 0 Å². The Labute approximate surface area is 114 Å². The summed E-state index contributed by atoms with van der Waals surface area (Å²) in [5, 5.41) is 17.7. The molecule has 3 rings (SSSR count). The van der Waals surface area contributed by atoms with Crippen molar-refractivity contribution in [2.24, 2.45) is 0 Å². The van der Waals surface area contributed by atoms with Crippen LogP contribution < -0.4 is 0 Å². The number of rotatable bonds is 3. The minimum absolute atomic E-state index is 0.0418. The van der Waals surface area contributed by atoms with Crippen molar-refractivity contribution in [2.45, 2.75) is 31.8 Å². The van der Waals surface area contributed by atoms with Gasteiger partial charge in [0.25, 0.3) is 0 Å². The molecule has 1 heterocycles. The topological polar surface area (TPSA) is 50.9 Å². The first kappa shape index (κ1) is 11.9. The van der Waals surface area contributed by atoms with E-state index in [0.717, 1.165) is 28.7 Å². The number of aliphatic hydroxyl groups is 1. The van der Waals surface area contributed by atoms with Gasteiger partial charge >= 0.3 is 0 Å². The van der Waals surface area contributed by atoms with Gasteiger partial charge in [-0.15, -0.1) is 5.10 Å². The molecule has 0 unspecified atom stereocenters. The molecule has 1 aromatic carbocycles. The van der Waals surface area contributed by atoms with Gasteiger partial charge in [-0.05, 0) is 31.0 Å². The highest BCUT2D eigenvalue weighted by Gasteiger charge is 2.27. The zero-order chi connectivity index (χ0) is 12.5. The number of halogens is 1. The van der Waals surface area contributed by atoms with E-state index in [1.54, 1.807) is 0 Å². The zero-order valence-corrected chi connectivity index (χ0v) is 11.5. The van der Waals surface area contributed by atoms with E-state index >= 15 is 0 Å². The van der Waals surface area contributed by atoms with Crippen LogP contribution in [0.3, 0.4) is 0 Å². The molecular weight excluding hydrogens is 294 g/mol. The quantitative estimate of drug-likeness (QED) is 0.948. The molecule has 0 atom stereocenters. The van der Waals surface area contributed by atoms with E-state index in [1.165, 1.54) is 6.42 Å². The van der Waals surface area contributed by atoms with Crippen LogP contribution >= 0.6 is 15.9 Å². The van der Waals surface area contributed by atoms with Crippen molar-refractivity contribution in [1.82, 2.24) is 15.0 Å². The Kier molecular flexibility index (Phi) is 3.18. The summed E-state index contributed by atoms with van der Waals surface area (Å²) in [6.45, 7) is -0.0418. The van der Waals surface area contributed by atoms with Gasteiger partial charge in [-0.1, -0.05) is 33.6 Å². The Hall–Kier alpha value is -1.20. The molecule has 2 aromatic rings. The molecular formula is C13H14BrN3O. The van der Waals surface area contributed by atoms with Crippen LogP contribution in [0.1, 0.15) is 36.6 Å². The number of aromatic nitrogens is 3. The second-order valence-electron chi connectivity index (χ2n) is 4.60. The van der Waals surface area contributed by atoms with Crippen LogP contribution in [-0.4, -0.2) is 20.1 Å². The summed E-state index contributed by atoms with van der Waals surface area (Å²) >= 11 is 3.47. The molecule has 1 aromatic heterocycles. The first-order chi connectivity index (χ1) is 8.79. The van der Waals surface area contributed by atoms with E-state index in [1.807, 2.05) is 28.9 Å². The summed E-state index contributed by atoms with van der Waals surface area (Å²) in [6, 6.07) is 7.97. The Morgan fingerprint density at radius 1 is 1.39 bits per heavy atom. The maximum atomic E-state index is 9.38. The molecule has 0 amide bonds. The first-order valence-corrected chi connectivity index (χ1v) is 6.90. The number of benzene rings is 1. The fraction of sp³-hybridized carbons (Fsp3) is 0.385. The monoisotopic (exact) mass is 307 g/mol. The lowest BCUT2D eigenvalue weighted by atomic mass is 9.82. The molecule has 18 heavy (non-hydrogen) atoms. The molecule has 0 bridgehead atoms. The average molecular weight is 308 g/mol. The van der Waals surface area contributed by atoms with Crippen LogP contribution in [0, 0.1) is 0 Å². The minimum Gasteiger partial charge on any atom is -0.390 e. The number of hydrogen-bond donors (Lipinski definition) is 1. The van der Waals surface area contributed by atoms with E-state index in [9.17, 15) is 5.11 Å². The Morgan fingerprint density at radius 3 is 2.83 bits per heavy atom. The predicted octanol–water partition coefficient (Wildman–Crippen LogP) is 2.79. The van der Waals surface area contributed by atoms with Gasteiger partial charge in [-0.3, -0.25) is 0 Å². The normalized spacial score (nSPS) is 15.7. The highest BCUT2D eigenvalue weighted by Crippen LogP contribution is 2.38. The van der Waals surface area contributed by atoms with Gasteiger partial charge in [0.05, 0.1) is 18.0 Å². The standard InChI is InChI=1S/C13H14BrN3O/c14-10-5-2-6-11(7-10)17-13(9-3-1-4-9)12(8-18)15-16-17/h2,5-7,9,18H,1,3-4,8H2. The van der Waals surface area contributed by atoms with E-state index in [-0.39, 0.29) is 6.61 Å². The molecule has 0 saturated heterocycles. The smallest absolute Gasteiger partial charge is 0.112 e. The lowest BCUT2D eigenvalue weighted by Gasteiger charge is -2.26. The largest absolute Gasteiger partial charge is 0.390 e. The molecule has 1 aliphatic carbocycles. The Balaban J connectivity index is 2.08. The highest BCUT2D eigenvalue weighted by molar-refractivity contribution is 9.10.